The third-order valence-corrected chi connectivity index (χ3v) is 5.67. The molecule has 4 amide bonds. The molecule has 9 heteroatoms. The van der Waals surface area contributed by atoms with Gasteiger partial charge in [-0.15, -0.1) is 0 Å². The van der Waals surface area contributed by atoms with Gasteiger partial charge in [-0.2, -0.15) is 5.10 Å². The number of hydrazone groups is 1. The Hall–Kier alpha value is -4.14. The van der Waals surface area contributed by atoms with E-state index in [2.05, 4.69) is 10.5 Å². The first-order chi connectivity index (χ1) is 15.0. The molecule has 3 heterocycles. The van der Waals surface area contributed by atoms with E-state index in [1.807, 2.05) is 6.07 Å². The van der Waals surface area contributed by atoms with Crippen LogP contribution < -0.4 is 5.43 Å². The molecule has 154 valence electrons. The molecule has 2 aromatic carbocycles. The number of Topliss-reactive ketones (excluding diaryl/α,β-unsaturated/α-hetero) is 1. The number of nitrogens with one attached hydrogen (secondary N) is 1. The van der Waals surface area contributed by atoms with Crippen LogP contribution in [0.4, 0.5) is 0 Å². The highest BCUT2D eigenvalue weighted by atomic mass is 16.2. The van der Waals surface area contributed by atoms with Crippen LogP contribution in [0.1, 0.15) is 26.3 Å². The second-order valence-corrected chi connectivity index (χ2v) is 7.49. The average Bonchev–Trinajstić information content (AvgIpc) is 3.40. The minimum atomic E-state index is -1.07. The van der Waals surface area contributed by atoms with Gasteiger partial charge in [0.05, 0.1) is 24.2 Å². The summed E-state index contributed by atoms with van der Waals surface area (Å²) in [6.07, 6.45) is 0. The minimum absolute atomic E-state index is 0.0903. The van der Waals surface area contributed by atoms with Gasteiger partial charge < -0.3 is 0 Å². The van der Waals surface area contributed by atoms with E-state index in [4.69, 9.17) is 0 Å². The van der Waals surface area contributed by atoms with Gasteiger partial charge in [-0.3, -0.25) is 39.2 Å². The molecule has 1 saturated heterocycles. The van der Waals surface area contributed by atoms with Crippen LogP contribution in [0.3, 0.4) is 0 Å². The van der Waals surface area contributed by atoms with Crippen LogP contribution in [0.5, 0.6) is 0 Å². The molecular formula is C22H16N4O5. The van der Waals surface area contributed by atoms with E-state index in [1.165, 1.54) is 12.1 Å². The van der Waals surface area contributed by atoms with E-state index in [1.54, 1.807) is 36.4 Å². The maximum absolute atomic E-state index is 12.9. The molecule has 1 N–H and O–H groups in total. The lowest BCUT2D eigenvalue weighted by atomic mass is 9.95. The molecule has 0 bridgehead atoms. The van der Waals surface area contributed by atoms with Gasteiger partial charge in [-0.25, -0.2) is 0 Å². The Morgan fingerprint density at radius 3 is 2.10 bits per heavy atom. The number of likely N-dealkylation sites (tertiary alicyclic amines) is 1. The van der Waals surface area contributed by atoms with Crippen LogP contribution in [0.25, 0.3) is 0 Å². The van der Waals surface area contributed by atoms with E-state index in [9.17, 15) is 24.0 Å². The van der Waals surface area contributed by atoms with E-state index in [-0.39, 0.29) is 23.4 Å². The van der Waals surface area contributed by atoms with Crippen molar-refractivity contribution in [3.63, 3.8) is 0 Å². The normalized spacial score (nSPS) is 21.9. The Balaban J connectivity index is 1.34. The Kier molecular flexibility index (Phi) is 4.25. The fourth-order valence-corrected chi connectivity index (χ4v) is 4.11. The monoisotopic (exact) mass is 416 g/mol. The quantitative estimate of drug-likeness (QED) is 0.704. The lowest BCUT2D eigenvalue weighted by Crippen LogP contribution is -2.41. The number of amides is 4. The van der Waals surface area contributed by atoms with Crippen molar-refractivity contribution in [1.82, 2.24) is 15.2 Å². The summed E-state index contributed by atoms with van der Waals surface area (Å²) in [5.41, 5.74) is 3.67. The van der Waals surface area contributed by atoms with Crippen molar-refractivity contribution in [2.24, 2.45) is 11.0 Å². The summed E-state index contributed by atoms with van der Waals surface area (Å²) >= 11 is 0. The van der Waals surface area contributed by atoms with Crippen LogP contribution in [-0.4, -0.2) is 57.5 Å². The second kappa shape index (κ2) is 6.98. The van der Waals surface area contributed by atoms with Crippen LogP contribution in [0.2, 0.25) is 0 Å². The largest absolute Gasteiger partial charge is 0.296 e. The molecule has 0 aromatic heterocycles. The fourth-order valence-electron chi connectivity index (χ4n) is 4.11. The molecule has 9 nitrogen and oxygen atoms in total. The molecule has 3 aliphatic rings. The highest BCUT2D eigenvalue weighted by molar-refractivity contribution is 6.47. The average molecular weight is 416 g/mol. The summed E-state index contributed by atoms with van der Waals surface area (Å²) < 4.78 is 0. The molecule has 0 aliphatic carbocycles. The number of imide groups is 2. The maximum Gasteiger partial charge on any atom is 0.261 e. The summed E-state index contributed by atoms with van der Waals surface area (Å²) in [5, 5.41) is 3.90. The van der Waals surface area contributed by atoms with E-state index in [0.717, 1.165) is 15.4 Å². The van der Waals surface area contributed by atoms with Crippen molar-refractivity contribution >= 4 is 35.1 Å². The van der Waals surface area contributed by atoms with Crippen molar-refractivity contribution in [3.8, 4) is 0 Å². The molecule has 5 rings (SSSR count). The first-order valence-electron chi connectivity index (χ1n) is 9.68. The summed E-state index contributed by atoms with van der Waals surface area (Å²) in [6, 6.07) is 14.4. The van der Waals surface area contributed by atoms with Gasteiger partial charge >= 0.3 is 0 Å². The predicted molar refractivity (Wildman–Crippen MR) is 107 cm³/mol. The molecule has 0 radical (unpaired) electrons. The van der Waals surface area contributed by atoms with Crippen molar-refractivity contribution in [2.45, 2.75) is 12.6 Å². The fraction of sp³-hybridized carbons (Fsp3) is 0.182. The number of rotatable bonds is 5. The van der Waals surface area contributed by atoms with E-state index >= 15 is 0 Å². The van der Waals surface area contributed by atoms with Gasteiger partial charge in [-0.05, 0) is 17.7 Å². The Bertz CT molecular complexity index is 1150. The molecule has 0 spiro atoms. The predicted octanol–water partition coefficient (Wildman–Crippen LogP) is 0.365. The number of carbonyl (C=O) groups is 5. The highest BCUT2D eigenvalue weighted by Crippen LogP contribution is 2.29. The molecule has 2 aromatic rings. The zero-order chi connectivity index (χ0) is 21.7. The van der Waals surface area contributed by atoms with Crippen LogP contribution in [0, 0.1) is 5.92 Å². The Labute approximate surface area is 176 Å². The molecule has 31 heavy (non-hydrogen) atoms. The number of hydrogen-bond acceptors (Lipinski definition) is 7. The number of hydrogen-bond donors (Lipinski definition) is 1. The van der Waals surface area contributed by atoms with Crippen LogP contribution in [-0.2, 0) is 20.9 Å². The van der Waals surface area contributed by atoms with Crippen molar-refractivity contribution in [2.75, 3.05) is 6.54 Å². The standard InChI is InChI=1S/C22H16N4O5/c27-15(11-26-19(28)13-8-4-5-9-14(13)20(26)29)17-16-18(24-23-17)22(31)25(21(16)30)10-12-6-2-1-3-7-12/h1-9,16,18,24H,10-11H2/t16-,18+/m1/s1. The highest BCUT2D eigenvalue weighted by Gasteiger charge is 2.55. The van der Waals surface area contributed by atoms with E-state index in [0.29, 0.717) is 0 Å². The first-order valence-corrected chi connectivity index (χ1v) is 9.68. The van der Waals surface area contributed by atoms with Crippen molar-refractivity contribution in [1.29, 1.82) is 0 Å². The molecule has 1 fully saturated rings. The minimum Gasteiger partial charge on any atom is -0.296 e. The van der Waals surface area contributed by atoms with Crippen molar-refractivity contribution < 1.29 is 24.0 Å². The lowest BCUT2D eigenvalue weighted by molar-refractivity contribution is -0.140. The van der Waals surface area contributed by atoms with Gasteiger partial charge in [0, 0.05) is 0 Å². The van der Waals surface area contributed by atoms with Gasteiger partial charge in [0.25, 0.3) is 17.7 Å². The third kappa shape index (κ3) is 2.85. The number of nitrogens with zero attached hydrogens (tertiary/aromatic N) is 3. The first kappa shape index (κ1) is 18.9. The van der Waals surface area contributed by atoms with Crippen molar-refractivity contribution in [3.05, 3.63) is 71.3 Å². The summed E-state index contributed by atoms with van der Waals surface area (Å²) in [7, 11) is 0. The Morgan fingerprint density at radius 1 is 0.839 bits per heavy atom. The molecular weight excluding hydrogens is 400 g/mol. The summed E-state index contributed by atoms with van der Waals surface area (Å²) in [5.74, 6) is -3.87. The SMILES string of the molecule is O=C(CN1C(=O)c2ccccc2C1=O)C1=NN[C@@H]2C(=O)N(Cc3ccccc3)C(=O)[C@H]12. The molecule has 0 saturated carbocycles. The Morgan fingerprint density at radius 2 is 1.45 bits per heavy atom. The van der Waals surface area contributed by atoms with E-state index < -0.39 is 47.9 Å². The lowest BCUT2D eigenvalue weighted by Gasteiger charge is -2.16. The van der Waals surface area contributed by atoms with Gasteiger partial charge in [0.15, 0.2) is 5.78 Å². The topological polar surface area (TPSA) is 116 Å². The second-order valence-electron chi connectivity index (χ2n) is 7.49. The van der Waals surface area contributed by atoms with Crippen LogP contribution in [0.15, 0.2) is 59.7 Å². The summed E-state index contributed by atoms with van der Waals surface area (Å²) in [4.78, 5) is 65.5. The smallest absolute Gasteiger partial charge is 0.261 e. The number of ketones is 1. The third-order valence-electron chi connectivity index (χ3n) is 5.67. The van der Waals surface area contributed by atoms with Crippen LogP contribution >= 0.6 is 0 Å². The van der Waals surface area contributed by atoms with Gasteiger partial charge in [0.2, 0.25) is 5.91 Å². The summed E-state index contributed by atoms with van der Waals surface area (Å²) in [6.45, 7) is -0.455. The molecule has 2 atom stereocenters. The number of carbonyl (C=O) groups excluding carboxylic acids is 5. The maximum atomic E-state index is 12.9. The zero-order valence-electron chi connectivity index (χ0n) is 16.1. The molecule has 3 aliphatic heterocycles. The zero-order valence-corrected chi connectivity index (χ0v) is 16.1. The number of fused-ring (bicyclic) bond motifs is 2. The van der Waals surface area contributed by atoms with Gasteiger partial charge in [-0.1, -0.05) is 42.5 Å². The molecule has 0 unspecified atom stereocenters. The van der Waals surface area contributed by atoms with Gasteiger partial charge in [0.1, 0.15) is 17.7 Å². The number of benzene rings is 2.